The third-order valence-corrected chi connectivity index (χ3v) is 3.02. The van der Waals surface area contributed by atoms with Gasteiger partial charge in [-0.15, -0.1) is 0 Å². The van der Waals surface area contributed by atoms with Crippen molar-refractivity contribution in [1.29, 1.82) is 0 Å². The fourth-order valence-corrected chi connectivity index (χ4v) is 1.92. The number of nitro benzene ring substituents is 1. The van der Waals surface area contributed by atoms with E-state index in [4.69, 9.17) is 4.74 Å². The lowest BCUT2D eigenvalue weighted by Gasteiger charge is -2.15. The summed E-state index contributed by atoms with van der Waals surface area (Å²) in [5.74, 6) is 0.589. The molecule has 2 aromatic rings. The number of aromatic nitrogens is 1. The Balaban J connectivity index is 2.03. The number of pyridine rings is 1. The molecule has 0 aliphatic heterocycles. The fraction of sp³-hybridized carbons (Fsp3) is 0.267. The normalized spacial score (nSPS) is 11.7. The third-order valence-electron chi connectivity index (χ3n) is 3.02. The number of hydrogen-bond donors (Lipinski definition) is 1. The highest BCUT2D eigenvalue weighted by molar-refractivity contribution is 5.45. The molecular formula is C15H17N3O3. The Morgan fingerprint density at radius 2 is 2.00 bits per heavy atom. The number of anilines is 1. The lowest BCUT2D eigenvalue weighted by Crippen LogP contribution is -2.07. The van der Waals surface area contributed by atoms with Gasteiger partial charge < -0.3 is 10.1 Å². The van der Waals surface area contributed by atoms with Crippen molar-refractivity contribution >= 4 is 11.4 Å². The molecule has 1 unspecified atom stereocenters. The van der Waals surface area contributed by atoms with E-state index in [0.29, 0.717) is 12.5 Å². The van der Waals surface area contributed by atoms with Crippen LogP contribution >= 0.6 is 0 Å². The highest BCUT2D eigenvalue weighted by Crippen LogP contribution is 2.22. The number of nitrogens with zero attached hydrogens (tertiary/aromatic N) is 2. The Morgan fingerprint density at radius 3 is 2.52 bits per heavy atom. The summed E-state index contributed by atoms with van der Waals surface area (Å²) < 4.78 is 5.28. The van der Waals surface area contributed by atoms with E-state index in [1.165, 1.54) is 12.1 Å². The maximum atomic E-state index is 10.6. The molecule has 21 heavy (non-hydrogen) atoms. The van der Waals surface area contributed by atoms with Gasteiger partial charge in [-0.2, -0.15) is 0 Å². The van der Waals surface area contributed by atoms with Crippen molar-refractivity contribution in [3.8, 4) is 5.88 Å². The quantitative estimate of drug-likeness (QED) is 0.649. The topological polar surface area (TPSA) is 77.3 Å². The average molecular weight is 287 g/mol. The number of nitrogens with one attached hydrogen (secondary N) is 1. The van der Waals surface area contributed by atoms with Gasteiger partial charge in [0.1, 0.15) is 0 Å². The van der Waals surface area contributed by atoms with Crippen LogP contribution in [0.1, 0.15) is 25.5 Å². The zero-order chi connectivity index (χ0) is 15.2. The van der Waals surface area contributed by atoms with Gasteiger partial charge in [-0.3, -0.25) is 10.1 Å². The van der Waals surface area contributed by atoms with Crippen molar-refractivity contribution in [2.24, 2.45) is 0 Å². The van der Waals surface area contributed by atoms with Gasteiger partial charge in [0.15, 0.2) is 0 Å². The van der Waals surface area contributed by atoms with Crippen molar-refractivity contribution < 1.29 is 9.66 Å². The highest BCUT2D eigenvalue weighted by Gasteiger charge is 2.09. The molecule has 0 spiro atoms. The second-order valence-corrected chi connectivity index (χ2v) is 4.53. The maximum Gasteiger partial charge on any atom is 0.269 e. The number of nitro groups is 1. The van der Waals surface area contributed by atoms with Crippen molar-refractivity contribution in [1.82, 2.24) is 4.98 Å². The van der Waals surface area contributed by atoms with Crippen molar-refractivity contribution in [2.75, 3.05) is 11.9 Å². The molecule has 6 nitrogen and oxygen atoms in total. The predicted molar refractivity (Wildman–Crippen MR) is 80.5 cm³/mol. The first-order valence-electron chi connectivity index (χ1n) is 6.70. The van der Waals surface area contributed by atoms with E-state index in [0.717, 1.165) is 11.3 Å². The Kier molecular flexibility index (Phi) is 4.71. The number of hydrogen-bond acceptors (Lipinski definition) is 5. The van der Waals surface area contributed by atoms with Crippen molar-refractivity contribution in [2.45, 2.75) is 19.9 Å². The first-order valence-corrected chi connectivity index (χ1v) is 6.70. The van der Waals surface area contributed by atoms with Gasteiger partial charge in [0.05, 0.1) is 23.4 Å². The second kappa shape index (κ2) is 6.69. The largest absolute Gasteiger partial charge is 0.478 e. The molecule has 110 valence electrons. The molecule has 0 aliphatic carbocycles. The van der Waals surface area contributed by atoms with Crippen LogP contribution in [0, 0.1) is 10.1 Å². The Labute approximate surface area is 122 Å². The highest BCUT2D eigenvalue weighted by atomic mass is 16.6. The minimum Gasteiger partial charge on any atom is -0.478 e. The van der Waals surface area contributed by atoms with Gasteiger partial charge in [-0.25, -0.2) is 4.98 Å². The minimum absolute atomic E-state index is 0.0190. The Bertz CT molecular complexity index is 597. The third kappa shape index (κ3) is 3.92. The molecule has 0 fully saturated rings. The molecule has 0 radical (unpaired) electrons. The molecule has 6 heteroatoms. The van der Waals surface area contributed by atoms with Crippen LogP contribution in [0.5, 0.6) is 5.88 Å². The summed E-state index contributed by atoms with van der Waals surface area (Å²) >= 11 is 0. The van der Waals surface area contributed by atoms with E-state index in [1.54, 1.807) is 24.4 Å². The van der Waals surface area contributed by atoms with Crippen molar-refractivity contribution in [3.63, 3.8) is 0 Å². The zero-order valence-corrected chi connectivity index (χ0v) is 11.9. The monoisotopic (exact) mass is 287 g/mol. The first-order chi connectivity index (χ1) is 10.1. The molecule has 1 N–H and O–H groups in total. The molecule has 0 saturated carbocycles. The van der Waals surface area contributed by atoms with Crippen LogP contribution in [-0.2, 0) is 0 Å². The smallest absolute Gasteiger partial charge is 0.269 e. The maximum absolute atomic E-state index is 10.6. The molecule has 2 rings (SSSR count). The van der Waals surface area contributed by atoms with Crippen molar-refractivity contribution in [3.05, 3.63) is 58.3 Å². The SMILES string of the molecule is CCOc1ccc(NC(C)c2ccc([N+](=O)[O-])cc2)cn1. The van der Waals surface area contributed by atoms with Crippen LogP contribution in [0.15, 0.2) is 42.6 Å². The Morgan fingerprint density at radius 1 is 1.29 bits per heavy atom. The van der Waals surface area contributed by atoms with Crippen LogP contribution in [-0.4, -0.2) is 16.5 Å². The molecule has 1 atom stereocenters. The standard InChI is InChI=1S/C15H17N3O3/c1-3-21-15-9-6-13(10-16-15)17-11(2)12-4-7-14(8-5-12)18(19)20/h4-11,17H,3H2,1-2H3. The first kappa shape index (κ1) is 14.8. The number of ether oxygens (including phenoxy) is 1. The van der Waals surface area contributed by atoms with Crippen LogP contribution in [0.4, 0.5) is 11.4 Å². The molecule has 1 heterocycles. The molecule has 0 bridgehead atoms. The molecule has 0 amide bonds. The average Bonchev–Trinajstić information content (AvgIpc) is 2.49. The van der Waals surface area contributed by atoms with E-state index in [2.05, 4.69) is 10.3 Å². The van der Waals surface area contributed by atoms with Gasteiger partial charge in [0, 0.05) is 24.2 Å². The minimum atomic E-state index is -0.405. The van der Waals surface area contributed by atoms with Gasteiger partial charge in [0.25, 0.3) is 5.69 Å². The zero-order valence-electron chi connectivity index (χ0n) is 11.9. The molecule has 1 aromatic carbocycles. The summed E-state index contributed by atoms with van der Waals surface area (Å²) in [5, 5.41) is 13.9. The summed E-state index contributed by atoms with van der Waals surface area (Å²) in [7, 11) is 0. The van der Waals surface area contributed by atoms with Crippen LogP contribution in [0.2, 0.25) is 0 Å². The summed E-state index contributed by atoms with van der Waals surface area (Å²) in [4.78, 5) is 14.4. The van der Waals surface area contributed by atoms with E-state index in [9.17, 15) is 10.1 Å². The van der Waals surface area contributed by atoms with E-state index in [-0.39, 0.29) is 11.7 Å². The number of non-ortho nitro benzene ring substituents is 1. The van der Waals surface area contributed by atoms with Crippen LogP contribution < -0.4 is 10.1 Å². The van der Waals surface area contributed by atoms with Crippen LogP contribution in [0.3, 0.4) is 0 Å². The van der Waals surface area contributed by atoms with Gasteiger partial charge in [-0.05, 0) is 25.5 Å². The molecule has 1 aromatic heterocycles. The van der Waals surface area contributed by atoms with Crippen LogP contribution in [0.25, 0.3) is 0 Å². The molecule has 0 aliphatic rings. The second-order valence-electron chi connectivity index (χ2n) is 4.53. The lowest BCUT2D eigenvalue weighted by molar-refractivity contribution is -0.384. The predicted octanol–water partition coefficient (Wildman–Crippen LogP) is 3.56. The lowest BCUT2D eigenvalue weighted by atomic mass is 10.1. The summed E-state index contributed by atoms with van der Waals surface area (Å²) in [5.41, 5.74) is 1.92. The van der Waals surface area contributed by atoms with Gasteiger partial charge in [-0.1, -0.05) is 12.1 Å². The Hall–Kier alpha value is -2.63. The molecular weight excluding hydrogens is 270 g/mol. The summed E-state index contributed by atoms with van der Waals surface area (Å²) in [6.07, 6.45) is 1.70. The van der Waals surface area contributed by atoms with Gasteiger partial charge in [0.2, 0.25) is 5.88 Å². The van der Waals surface area contributed by atoms with E-state index in [1.807, 2.05) is 19.9 Å². The summed E-state index contributed by atoms with van der Waals surface area (Å²) in [6, 6.07) is 10.2. The fourth-order valence-electron chi connectivity index (χ4n) is 1.92. The van der Waals surface area contributed by atoms with E-state index < -0.39 is 4.92 Å². The van der Waals surface area contributed by atoms with E-state index >= 15 is 0 Å². The number of benzene rings is 1. The number of rotatable bonds is 6. The summed E-state index contributed by atoms with van der Waals surface area (Å²) in [6.45, 7) is 4.47. The van der Waals surface area contributed by atoms with Gasteiger partial charge >= 0.3 is 0 Å². The molecule has 0 saturated heterocycles.